The van der Waals surface area contributed by atoms with Crippen molar-refractivity contribution >= 4 is 11.8 Å². The summed E-state index contributed by atoms with van der Waals surface area (Å²) in [5.74, 6) is 1.46. The molecular formula is C9H16N2O2S. The van der Waals surface area contributed by atoms with E-state index in [0.29, 0.717) is 11.1 Å². The molecule has 5 heteroatoms. The Bertz CT molecular complexity index is 281. The summed E-state index contributed by atoms with van der Waals surface area (Å²) in [6, 6.07) is 0. The smallest absolute Gasteiger partial charge is 0.276 e. The summed E-state index contributed by atoms with van der Waals surface area (Å²) in [6.07, 6.45) is 0.748. The third-order valence-corrected chi connectivity index (χ3v) is 2.48. The zero-order valence-corrected chi connectivity index (χ0v) is 9.60. The first-order valence-electron chi connectivity index (χ1n) is 4.61. The second kappa shape index (κ2) is 4.79. The van der Waals surface area contributed by atoms with Crippen LogP contribution in [0.1, 0.15) is 33.1 Å². The van der Waals surface area contributed by atoms with Gasteiger partial charge in [-0.1, -0.05) is 32.5 Å². The van der Waals surface area contributed by atoms with Crippen molar-refractivity contribution in [2.75, 3.05) is 12.4 Å². The Labute approximate surface area is 88.1 Å². The van der Waals surface area contributed by atoms with E-state index in [1.807, 2.05) is 20.8 Å². The number of hydrogen-bond acceptors (Lipinski definition) is 5. The number of aliphatic hydroxyl groups excluding tert-OH is 1. The van der Waals surface area contributed by atoms with Crippen LogP contribution < -0.4 is 0 Å². The zero-order chi connectivity index (χ0) is 10.6. The summed E-state index contributed by atoms with van der Waals surface area (Å²) in [7, 11) is 0. The lowest BCUT2D eigenvalue weighted by Gasteiger charge is -2.10. The Hall–Kier alpha value is -0.550. The molecule has 0 amide bonds. The van der Waals surface area contributed by atoms with Crippen LogP contribution in [-0.2, 0) is 5.41 Å². The van der Waals surface area contributed by atoms with Crippen LogP contribution in [0.5, 0.6) is 0 Å². The molecule has 0 fully saturated rings. The van der Waals surface area contributed by atoms with E-state index >= 15 is 0 Å². The molecule has 1 aromatic heterocycles. The Morgan fingerprint density at radius 1 is 1.36 bits per heavy atom. The highest BCUT2D eigenvalue weighted by atomic mass is 32.2. The lowest BCUT2D eigenvalue weighted by Crippen LogP contribution is -2.11. The van der Waals surface area contributed by atoms with Crippen LogP contribution in [0, 0.1) is 0 Å². The van der Waals surface area contributed by atoms with Crippen molar-refractivity contribution in [2.24, 2.45) is 0 Å². The minimum absolute atomic E-state index is 0.0945. The average molecular weight is 216 g/mol. The number of aliphatic hydroxyl groups is 1. The molecule has 1 N–H and O–H groups in total. The highest BCUT2D eigenvalue weighted by Crippen LogP contribution is 2.24. The van der Waals surface area contributed by atoms with Crippen LogP contribution in [0.2, 0.25) is 0 Å². The molecule has 0 aromatic carbocycles. The predicted octanol–water partition coefficient (Wildman–Crippen LogP) is 1.84. The molecule has 1 rings (SSSR count). The molecule has 0 saturated heterocycles. The van der Waals surface area contributed by atoms with Crippen molar-refractivity contribution in [3.8, 4) is 0 Å². The van der Waals surface area contributed by atoms with Crippen molar-refractivity contribution in [3.05, 3.63) is 5.89 Å². The quantitative estimate of drug-likeness (QED) is 0.614. The number of nitrogens with zero attached hydrogens (tertiary/aromatic N) is 2. The molecule has 0 aliphatic heterocycles. The van der Waals surface area contributed by atoms with Gasteiger partial charge in [0.1, 0.15) is 0 Å². The van der Waals surface area contributed by atoms with Gasteiger partial charge in [0.15, 0.2) is 0 Å². The lowest BCUT2D eigenvalue weighted by molar-refractivity contribution is 0.296. The van der Waals surface area contributed by atoms with Gasteiger partial charge in [0, 0.05) is 17.8 Å². The van der Waals surface area contributed by atoms with Gasteiger partial charge in [0.25, 0.3) is 5.22 Å². The van der Waals surface area contributed by atoms with E-state index in [0.717, 1.165) is 12.2 Å². The van der Waals surface area contributed by atoms with Crippen LogP contribution in [0.15, 0.2) is 9.64 Å². The van der Waals surface area contributed by atoms with Gasteiger partial charge in [-0.25, -0.2) is 0 Å². The van der Waals surface area contributed by atoms with Gasteiger partial charge in [-0.3, -0.25) is 0 Å². The number of thioether (sulfide) groups is 1. The highest BCUT2D eigenvalue weighted by Gasteiger charge is 2.21. The van der Waals surface area contributed by atoms with Crippen molar-refractivity contribution in [2.45, 2.75) is 37.8 Å². The number of aromatic nitrogens is 2. The van der Waals surface area contributed by atoms with Crippen molar-refractivity contribution in [1.29, 1.82) is 0 Å². The number of hydrogen-bond donors (Lipinski definition) is 1. The summed E-state index contributed by atoms with van der Waals surface area (Å²) in [6.45, 7) is 6.29. The van der Waals surface area contributed by atoms with Gasteiger partial charge in [0.05, 0.1) is 0 Å². The molecule has 0 aliphatic carbocycles. The second-order valence-corrected chi connectivity index (χ2v) is 5.09. The molecule has 0 saturated carbocycles. The first kappa shape index (κ1) is 11.5. The van der Waals surface area contributed by atoms with E-state index in [2.05, 4.69) is 10.2 Å². The number of rotatable bonds is 4. The summed E-state index contributed by atoms with van der Waals surface area (Å²) < 4.78 is 5.45. The molecular weight excluding hydrogens is 200 g/mol. The minimum Gasteiger partial charge on any atom is -0.415 e. The molecule has 80 valence electrons. The van der Waals surface area contributed by atoms with Gasteiger partial charge in [-0.2, -0.15) is 0 Å². The fraction of sp³-hybridized carbons (Fsp3) is 0.778. The Kier molecular flexibility index (Phi) is 3.95. The van der Waals surface area contributed by atoms with Gasteiger partial charge in [0.2, 0.25) is 5.89 Å². The maximum Gasteiger partial charge on any atom is 0.276 e. The van der Waals surface area contributed by atoms with Gasteiger partial charge >= 0.3 is 0 Å². The first-order valence-corrected chi connectivity index (χ1v) is 5.60. The maximum absolute atomic E-state index is 8.60. The fourth-order valence-electron chi connectivity index (χ4n) is 0.795. The normalized spacial score (nSPS) is 12.0. The SMILES string of the molecule is CC(C)(C)c1nnc(SCCCO)o1. The summed E-state index contributed by atoms with van der Waals surface area (Å²) in [4.78, 5) is 0. The van der Waals surface area contributed by atoms with Crippen LogP contribution in [0.4, 0.5) is 0 Å². The lowest BCUT2D eigenvalue weighted by atomic mass is 9.97. The van der Waals surface area contributed by atoms with Crippen molar-refractivity contribution < 1.29 is 9.52 Å². The topological polar surface area (TPSA) is 59.2 Å². The van der Waals surface area contributed by atoms with E-state index in [9.17, 15) is 0 Å². The molecule has 0 atom stereocenters. The molecule has 1 heterocycles. The molecule has 0 aliphatic rings. The molecule has 1 aromatic rings. The van der Waals surface area contributed by atoms with Crippen LogP contribution in [0.3, 0.4) is 0 Å². The van der Waals surface area contributed by atoms with E-state index in [4.69, 9.17) is 9.52 Å². The third-order valence-electron chi connectivity index (χ3n) is 1.58. The Balaban J connectivity index is 2.51. The monoisotopic (exact) mass is 216 g/mol. The zero-order valence-electron chi connectivity index (χ0n) is 8.78. The largest absolute Gasteiger partial charge is 0.415 e. The molecule has 4 nitrogen and oxygen atoms in total. The van der Waals surface area contributed by atoms with Crippen molar-refractivity contribution in [1.82, 2.24) is 10.2 Å². The fourth-order valence-corrected chi connectivity index (χ4v) is 1.48. The second-order valence-electron chi connectivity index (χ2n) is 4.05. The predicted molar refractivity (Wildman–Crippen MR) is 55.4 cm³/mol. The minimum atomic E-state index is -0.0945. The summed E-state index contributed by atoms with van der Waals surface area (Å²) in [5, 5.41) is 17.1. The molecule has 0 radical (unpaired) electrons. The molecule has 0 spiro atoms. The summed E-state index contributed by atoms with van der Waals surface area (Å²) in [5.41, 5.74) is -0.0945. The maximum atomic E-state index is 8.60. The van der Waals surface area contributed by atoms with Gasteiger partial charge in [-0.15, -0.1) is 10.2 Å². The Morgan fingerprint density at radius 3 is 2.57 bits per heavy atom. The van der Waals surface area contributed by atoms with E-state index < -0.39 is 0 Å². The Morgan fingerprint density at radius 2 is 2.07 bits per heavy atom. The van der Waals surface area contributed by atoms with Crippen LogP contribution in [-0.4, -0.2) is 27.7 Å². The van der Waals surface area contributed by atoms with Crippen LogP contribution in [0.25, 0.3) is 0 Å². The summed E-state index contributed by atoms with van der Waals surface area (Å²) >= 11 is 1.48. The van der Waals surface area contributed by atoms with Gasteiger partial charge in [-0.05, 0) is 6.42 Å². The highest BCUT2D eigenvalue weighted by molar-refractivity contribution is 7.99. The standard InChI is InChI=1S/C9H16N2O2S/c1-9(2,3)7-10-11-8(13-7)14-6-4-5-12/h12H,4-6H2,1-3H3. The molecule has 0 unspecified atom stereocenters. The molecule has 0 bridgehead atoms. The van der Waals surface area contributed by atoms with E-state index in [1.54, 1.807) is 0 Å². The first-order chi connectivity index (χ1) is 6.54. The van der Waals surface area contributed by atoms with E-state index in [-0.39, 0.29) is 12.0 Å². The van der Waals surface area contributed by atoms with E-state index in [1.165, 1.54) is 11.8 Å². The molecule has 14 heavy (non-hydrogen) atoms. The third kappa shape index (κ3) is 3.31. The van der Waals surface area contributed by atoms with Crippen LogP contribution >= 0.6 is 11.8 Å². The van der Waals surface area contributed by atoms with Gasteiger partial charge < -0.3 is 9.52 Å². The average Bonchev–Trinajstić information content (AvgIpc) is 2.52. The van der Waals surface area contributed by atoms with Crippen molar-refractivity contribution in [3.63, 3.8) is 0 Å².